The van der Waals surface area contributed by atoms with Crippen molar-refractivity contribution in [3.8, 4) is 22.3 Å². The number of halogens is 2. The summed E-state index contributed by atoms with van der Waals surface area (Å²) in [6, 6.07) is 55.0. The molecule has 4 heteroatoms. The molecule has 0 aromatic heterocycles. The molecule has 6 aromatic carbocycles. The monoisotopic (exact) mass is 795 g/mol. The summed E-state index contributed by atoms with van der Waals surface area (Å²) in [5.41, 5.74) is 16.7. The van der Waals surface area contributed by atoms with Gasteiger partial charge in [-0.1, -0.05) is 0 Å². The fourth-order valence-corrected chi connectivity index (χ4v) is 41.1. The Balaban J connectivity index is 1.43. The van der Waals surface area contributed by atoms with Gasteiger partial charge in [0.25, 0.3) is 0 Å². The van der Waals surface area contributed by atoms with Gasteiger partial charge >= 0.3 is 315 Å². The average Bonchev–Trinajstić information content (AvgIpc) is 3.73. The van der Waals surface area contributed by atoms with Crippen LogP contribution in [0.5, 0.6) is 0 Å². The van der Waals surface area contributed by atoms with Gasteiger partial charge in [0.05, 0.1) is 0 Å². The van der Waals surface area contributed by atoms with E-state index in [4.69, 9.17) is 17.0 Å². The molecule has 0 aliphatic heterocycles. The van der Waals surface area contributed by atoms with E-state index in [0.717, 1.165) is 0 Å². The van der Waals surface area contributed by atoms with Gasteiger partial charge in [-0.05, 0) is 0 Å². The van der Waals surface area contributed by atoms with E-state index in [-0.39, 0.29) is 13.2 Å². The van der Waals surface area contributed by atoms with Gasteiger partial charge in [0.1, 0.15) is 0 Å². The van der Waals surface area contributed by atoms with Crippen LogP contribution in [0.1, 0.15) is 59.0 Å². The molecule has 0 saturated heterocycles. The SMILES string of the molecule is CC1=Cc2c(-c3ccccc3)ccc(C)c2[CH]1[Zr]([Cl])([Cl])([CH]1C(C(c2ccccc2)c2ccccc2)=Cc2c(-c3ccccc3)cccc21)[SiH](C)C. The molecular formula is C47H43Cl2SiZr. The Morgan fingerprint density at radius 2 is 1.04 bits per heavy atom. The van der Waals surface area contributed by atoms with Crippen LogP contribution in [-0.2, 0) is 15.6 Å². The van der Waals surface area contributed by atoms with Crippen molar-refractivity contribution in [2.75, 3.05) is 0 Å². The second-order valence-electron chi connectivity index (χ2n) is 14.8. The normalized spacial score (nSPS) is 17.5. The van der Waals surface area contributed by atoms with Crippen LogP contribution < -0.4 is 0 Å². The number of allylic oxidation sites excluding steroid dienone is 2. The number of fused-ring (bicyclic) bond motifs is 2. The zero-order valence-corrected chi connectivity index (χ0v) is 34.8. The molecule has 0 heterocycles. The Morgan fingerprint density at radius 3 is 1.57 bits per heavy atom. The van der Waals surface area contributed by atoms with E-state index < -0.39 is 21.5 Å². The maximum absolute atomic E-state index is 8.93. The van der Waals surface area contributed by atoms with Gasteiger partial charge < -0.3 is 0 Å². The van der Waals surface area contributed by atoms with Crippen LogP contribution in [0.15, 0.2) is 163 Å². The Hall–Kier alpha value is -3.52. The van der Waals surface area contributed by atoms with Crippen molar-refractivity contribution in [3.63, 3.8) is 0 Å². The number of hydrogen-bond acceptors (Lipinski definition) is 0. The second kappa shape index (κ2) is 13.5. The molecule has 0 radical (unpaired) electrons. The molecule has 0 N–H and O–H groups in total. The fourth-order valence-electron chi connectivity index (χ4n) is 9.27. The van der Waals surface area contributed by atoms with Crippen LogP contribution in [0.3, 0.4) is 0 Å². The zero-order chi connectivity index (χ0) is 35.4. The van der Waals surface area contributed by atoms with Gasteiger partial charge in [-0.3, -0.25) is 0 Å². The van der Waals surface area contributed by atoms with E-state index in [0.29, 0.717) is 0 Å². The van der Waals surface area contributed by atoms with Gasteiger partial charge in [-0.2, -0.15) is 0 Å². The third-order valence-corrected chi connectivity index (χ3v) is 63.6. The maximum atomic E-state index is 8.93. The van der Waals surface area contributed by atoms with Crippen molar-refractivity contribution in [3.05, 3.63) is 202 Å². The van der Waals surface area contributed by atoms with Crippen molar-refractivity contribution in [1.29, 1.82) is 0 Å². The summed E-state index contributed by atoms with van der Waals surface area (Å²) in [7, 11) is 17.9. The molecule has 0 spiro atoms. The van der Waals surface area contributed by atoms with E-state index in [1.54, 1.807) is 0 Å². The Bertz CT molecular complexity index is 2250. The quantitative estimate of drug-likeness (QED) is 0.135. The molecule has 0 fully saturated rings. The van der Waals surface area contributed by atoms with Gasteiger partial charge in [0.15, 0.2) is 0 Å². The third kappa shape index (κ3) is 5.66. The molecule has 0 bridgehead atoms. The topological polar surface area (TPSA) is 0 Å². The molecule has 2 atom stereocenters. The molecule has 0 saturated carbocycles. The van der Waals surface area contributed by atoms with E-state index in [1.165, 1.54) is 72.3 Å². The summed E-state index contributed by atoms with van der Waals surface area (Å²) < 4.78 is -0.0587. The Kier molecular flexibility index (Phi) is 9.13. The summed E-state index contributed by atoms with van der Waals surface area (Å²) in [4.78, 5) is 0. The minimum atomic E-state index is -5.12. The van der Waals surface area contributed by atoms with Crippen molar-refractivity contribution in [2.45, 2.75) is 40.1 Å². The zero-order valence-electron chi connectivity index (χ0n) is 29.7. The predicted molar refractivity (Wildman–Crippen MR) is 221 cm³/mol. The molecule has 2 aliphatic carbocycles. The first-order valence-corrected chi connectivity index (χ1v) is 34.4. The van der Waals surface area contributed by atoms with Crippen LogP contribution in [-0.4, -0.2) is 5.92 Å². The van der Waals surface area contributed by atoms with Gasteiger partial charge in [-0.25, -0.2) is 0 Å². The van der Waals surface area contributed by atoms with E-state index in [9.17, 15) is 0 Å². The molecule has 253 valence electrons. The van der Waals surface area contributed by atoms with Crippen molar-refractivity contribution < 1.29 is 15.6 Å². The molecule has 6 aromatic rings. The molecule has 8 rings (SSSR count). The molecule has 0 nitrogen and oxygen atoms in total. The summed E-state index contributed by atoms with van der Waals surface area (Å²) in [6.07, 6.45) is 4.93. The molecule has 2 unspecified atom stereocenters. The van der Waals surface area contributed by atoms with Crippen molar-refractivity contribution in [2.24, 2.45) is 0 Å². The van der Waals surface area contributed by atoms with Gasteiger partial charge in [-0.15, -0.1) is 0 Å². The number of aryl methyl sites for hydroxylation is 1. The molecule has 51 heavy (non-hydrogen) atoms. The van der Waals surface area contributed by atoms with Crippen LogP contribution in [0.2, 0.25) is 13.1 Å². The first-order chi connectivity index (χ1) is 24.7. The first-order valence-electron chi connectivity index (χ1n) is 18.1. The van der Waals surface area contributed by atoms with E-state index in [1.807, 2.05) is 0 Å². The van der Waals surface area contributed by atoms with Gasteiger partial charge in [0, 0.05) is 0 Å². The molecular weight excluding hydrogens is 755 g/mol. The standard InChI is InChI=1S/C28H21.C17H15.C2H7Si.2ClH.Zr/c1-4-11-21(12-5-1)26-18-10-17-24-19-25(20-27(24)26)28(22-13-6-2-7-14-22)23-15-8-3-9-16-23;1-12-10-16-13(2)8-9-15(17(16)11-12)14-6-4-3-5-7-14;1-3-2;;;/h1-20,28H;3-11H,1-2H3;3H,1-2H3;2*1H;/q;;;;;+2/p-2. The van der Waals surface area contributed by atoms with Crippen molar-refractivity contribution in [1.82, 2.24) is 0 Å². The Morgan fingerprint density at radius 1 is 0.529 bits per heavy atom. The van der Waals surface area contributed by atoms with E-state index in [2.05, 4.69) is 191 Å². The second-order valence-corrected chi connectivity index (χ2v) is 57.3. The Labute approximate surface area is 312 Å². The van der Waals surface area contributed by atoms with Crippen LogP contribution in [0, 0.1) is 6.92 Å². The van der Waals surface area contributed by atoms with Gasteiger partial charge in [0.2, 0.25) is 0 Å². The van der Waals surface area contributed by atoms with Crippen LogP contribution in [0.25, 0.3) is 34.4 Å². The fraction of sp³-hybridized carbons (Fsp3) is 0.149. The average molecular weight is 798 g/mol. The first kappa shape index (κ1) is 34.6. The third-order valence-electron chi connectivity index (χ3n) is 11.7. The number of rotatable bonds is 8. The number of hydrogen-bond donors (Lipinski definition) is 0. The summed E-state index contributed by atoms with van der Waals surface area (Å²) in [5.74, 6) is -1.78. The number of benzene rings is 6. The summed E-state index contributed by atoms with van der Waals surface area (Å²) in [5, 5.41) is 0. The molecule has 2 aliphatic rings. The van der Waals surface area contributed by atoms with Crippen LogP contribution >= 0.6 is 17.0 Å². The summed E-state index contributed by atoms with van der Waals surface area (Å²) >= 11 is -5.12. The minimum absolute atomic E-state index is 0.00651. The summed E-state index contributed by atoms with van der Waals surface area (Å²) in [6.45, 7) is 9.47. The van der Waals surface area contributed by atoms with Crippen molar-refractivity contribution >= 4 is 35.1 Å². The van der Waals surface area contributed by atoms with E-state index >= 15 is 0 Å². The molecule has 0 amide bonds. The predicted octanol–water partition coefficient (Wildman–Crippen LogP) is 13.7. The van der Waals surface area contributed by atoms with Crippen LogP contribution in [0.4, 0.5) is 0 Å².